The van der Waals surface area contributed by atoms with Crippen LogP contribution in [0.5, 0.6) is 0 Å². The molecule has 0 spiro atoms. The molecule has 0 amide bonds. The van der Waals surface area contributed by atoms with E-state index in [9.17, 15) is 0 Å². The number of furan rings is 1. The van der Waals surface area contributed by atoms with Crippen molar-refractivity contribution in [2.75, 3.05) is 19.6 Å². The molecule has 0 unspecified atom stereocenters. The number of nitrogens with zero attached hydrogens (tertiary/aromatic N) is 3. The molecule has 1 N–H and O–H groups in total. The largest absolute Gasteiger partial charge is 0.468 e. The minimum Gasteiger partial charge on any atom is -0.468 e. The van der Waals surface area contributed by atoms with Gasteiger partial charge in [0.25, 0.3) is 0 Å². The van der Waals surface area contributed by atoms with Gasteiger partial charge in [0.1, 0.15) is 11.6 Å². The van der Waals surface area contributed by atoms with Crippen LogP contribution in [0.3, 0.4) is 0 Å². The maximum absolute atomic E-state index is 5.45. The first-order valence-electron chi connectivity index (χ1n) is 9.72. The maximum Gasteiger partial charge on any atom is 0.130 e. The number of likely N-dealkylation sites (tertiary alicyclic amines) is 1. The summed E-state index contributed by atoms with van der Waals surface area (Å²) in [6.07, 6.45) is 6.81. The van der Waals surface area contributed by atoms with E-state index >= 15 is 0 Å². The Labute approximate surface area is 160 Å². The number of benzene rings is 1. The van der Waals surface area contributed by atoms with Crippen LogP contribution < -0.4 is 5.32 Å². The van der Waals surface area contributed by atoms with Crippen molar-refractivity contribution in [3.05, 3.63) is 72.6 Å². The molecule has 5 heteroatoms. The fourth-order valence-electron chi connectivity index (χ4n) is 3.60. The first kappa shape index (κ1) is 17.9. The molecule has 0 bridgehead atoms. The quantitative estimate of drug-likeness (QED) is 0.697. The third kappa shape index (κ3) is 5.02. The Kier molecular flexibility index (Phi) is 5.92. The second-order valence-electron chi connectivity index (χ2n) is 7.06. The molecule has 1 fully saturated rings. The van der Waals surface area contributed by atoms with Crippen molar-refractivity contribution in [2.24, 2.45) is 0 Å². The van der Waals surface area contributed by atoms with Crippen molar-refractivity contribution in [3.8, 4) is 11.3 Å². The van der Waals surface area contributed by atoms with E-state index < -0.39 is 0 Å². The Bertz CT molecular complexity index is 811. The SMILES string of the molecule is c1ccc(-c2ccnc(CCNC3CCN(Cc4ccco4)CC3)n2)cc1. The van der Waals surface area contributed by atoms with Gasteiger partial charge in [-0.1, -0.05) is 30.3 Å². The standard InChI is InChI=1S/C22H26N4O/c1-2-5-18(6-3-1)21-8-12-24-22(25-21)9-13-23-19-10-14-26(15-11-19)17-20-7-4-16-27-20/h1-8,12,16,19,23H,9-11,13-15,17H2. The molecule has 4 rings (SSSR count). The van der Waals surface area contributed by atoms with Crippen LogP contribution >= 0.6 is 0 Å². The molecule has 5 nitrogen and oxygen atoms in total. The van der Waals surface area contributed by atoms with Gasteiger partial charge in [0.2, 0.25) is 0 Å². The predicted molar refractivity (Wildman–Crippen MR) is 106 cm³/mol. The van der Waals surface area contributed by atoms with Crippen LogP contribution in [0, 0.1) is 0 Å². The van der Waals surface area contributed by atoms with Crippen LogP contribution in [0.25, 0.3) is 11.3 Å². The highest BCUT2D eigenvalue weighted by atomic mass is 16.3. The predicted octanol–water partition coefficient (Wildman–Crippen LogP) is 3.53. The van der Waals surface area contributed by atoms with Crippen molar-refractivity contribution in [2.45, 2.75) is 31.8 Å². The first-order chi connectivity index (χ1) is 13.4. The van der Waals surface area contributed by atoms with Crippen LogP contribution in [0.1, 0.15) is 24.4 Å². The van der Waals surface area contributed by atoms with Crippen LogP contribution in [0.15, 0.2) is 65.4 Å². The van der Waals surface area contributed by atoms with Crippen LogP contribution in [0.2, 0.25) is 0 Å². The number of nitrogens with one attached hydrogen (secondary N) is 1. The van der Waals surface area contributed by atoms with E-state index in [1.165, 1.54) is 12.8 Å². The number of aromatic nitrogens is 2. The zero-order valence-corrected chi connectivity index (χ0v) is 15.6. The van der Waals surface area contributed by atoms with Gasteiger partial charge in [0.15, 0.2) is 0 Å². The van der Waals surface area contributed by atoms with E-state index in [2.05, 4.69) is 27.3 Å². The average molecular weight is 362 g/mol. The Balaban J connectivity index is 1.22. The normalized spacial score (nSPS) is 15.9. The molecular weight excluding hydrogens is 336 g/mol. The zero-order valence-electron chi connectivity index (χ0n) is 15.6. The monoisotopic (exact) mass is 362 g/mol. The van der Waals surface area contributed by atoms with Gasteiger partial charge in [-0.05, 0) is 31.0 Å². The van der Waals surface area contributed by atoms with E-state index in [-0.39, 0.29) is 0 Å². The van der Waals surface area contributed by atoms with Gasteiger partial charge in [-0.2, -0.15) is 0 Å². The first-order valence-corrected chi connectivity index (χ1v) is 9.72. The Hall–Kier alpha value is -2.50. The van der Waals surface area contributed by atoms with Gasteiger partial charge in [0.05, 0.1) is 18.5 Å². The summed E-state index contributed by atoms with van der Waals surface area (Å²) in [6.45, 7) is 4.05. The molecule has 0 aliphatic carbocycles. The number of piperidine rings is 1. The van der Waals surface area contributed by atoms with Crippen molar-refractivity contribution in [3.63, 3.8) is 0 Å². The fraction of sp³-hybridized carbons (Fsp3) is 0.364. The molecule has 1 aliphatic rings. The molecule has 3 heterocycles. The van der Waals surface area contributed by atoms with E-state index in [0.717, 1.165) is 55.4 Å². The fourth-order valence-corrected chi connectivity index (χ4v) is 3.60. The van der Waals surface area contributed by atoms with Gasteiger partial charge >= 0.3 is 0 Å². The summed E-state index contributed by atoms with van der Waals surface area (Å²) in [6, 6.07) is 16.8. The van der Waals surface area contributed by atoms with Gasteiger partial charge in [-0.15, -0.1) is 0 Å². The highest BCUT2D eigenvalue weighted by molar-refractivity contribution is 5.58. The molecule has 3 aromatic rings. The third-order valence-electron chi connectivity index (χ3n) is 5.10. The van der Waals surface area contributed by atoms with Crippen molar-refractivity contribution < 1.29 is 4.42 Å². The van der Waals surface area contributed by atoms with Crippen molar-refractivity contribution in [1.29, 1.82) is 0 Å². The highest BCUT2D eigenvalue weighted by Gasteiger charge is 2.19. The van der Waals surface area contributed by atoms with E-state index in [4.69, 9.17) is 9.40 Å². The number of hydrogen-bond acceptors (Lipinski definition) is 5. The smallest absolute Gasteiger partial charge is 0.130 e. The summed E-state index contributed by atoms with van der Waals surface area (Å²) in [4.78, 5) is 11.6. The molecule has 0 radical (unpaired) electrons. The van der Waals surface area contributed by atoms with Crippen LogP contribution in [-0.2, 0) is 13.0 Å². The molecule has 2 aromatic heterocycles. The molecule has 0 atom stereocenters. The lowest BCUT2D eigenvalue weighted by Crippen LogP contribution is -2.42. The summed E-state index contributed by atoms with van der Waals surface area (Å²) in [5.74, 6) is 1.95. The van der Waals surface area contributed by atoms with E-state index in [0.29, 0.717) is 6.04 Å². The molecule has 1 aliphatic heterocycles. The second kappa shape index (κ2) is 8.93. The van der Waals surface area contributed by atoms with Crippen LogP contribution in [0.4, 0.5) is 0 Å². The number of rotatable bonds is 7. The van der Waals surface area contributed by atoms with Crippen LogP contribution in [-0.4, -0.2) is 40.5 Å². The average Bonchev–Trinajstić information content (AvgIpc) is 3.23. The minimum absolute atomic E-state index is 0.579. The Morgan fingerprint density at radius 1 is 1.04 bits per heavy atom. The molecule has 1 aromatic carbocycles. The summed E-state index contributed by atoms with van der Waals surface area (Å²) >= 11 is 0. The zero-order chi connectivity index (χ0) is 18.3. The van der Waals surface area contributed by atoms with Gasteiger partial charge in [-0.25, -0.2) is 9.97 Å². The summed E-state index contributed by atoms with van der Waals surface area (Å²) in [7, 11) is 0. The minimum atomic E-state index is 0.579. The molecule has 0 saturated carbocycles. The van der Waals surface area contributed by atoms with Crippen molar-refractivity contribution in [1.82, 2.24) is 20.2 Å². The lowest BCUT2D eigenvalue weighted by molar-refractivity contribution is 0.179. The summed E-state index contributed by atoms with van der Waals surface area (Å²) in [5, 5.41) is 3.68. The highest BCUT2D eigenvalue weighted by Crippen LogP contribution is 2.16. The summed E-state index contributed by atoms with van der Waals surface area (Å²) < 4.78 is 5.45. The van der Waals surface area contributed by atoms with Gasteiger partial charge in [-0.3, -0.25) is 4.90 Å². The lowest BCUT2D eigenvalue weighted by atomic mass is 10.0. The molecular formula is C22H26N4O. The molecule has 1 saturated heterocycles. The topological polar surface area (TPSA) is 54.2 Å². The van der Waals surface area contributed by atoms with E-state index in [1.807, 2.05) is 42.6 Å². The Morgan fingerprint density at radius 3 is 2.67 bits per heavy atom. The van der Waals surface area contributed by atoms with Gasteiger partial charge in [0, 0.05) is 43.9 Å². The lowest BCUT2D eigenvalue weighted by Gasteiger charge is -2.31. The second-order valence-corrected chi connectivity index (χ2v) is 7.06. The van der Waals surface area contributed by atoms with E-state index in [1.54, 1.807) is 6.26 Å². The maximum atomic E-state index is 5.45. The Morgan fingerprint density at radius 2 is 1.89 bits per heavy atom. The number of hydrogen-bond donors (Lipinski definition) is 1. The van der Waals surface area contributed by atoms with Crippen molar-refractivity contribution >= 4 is 0 Å². The molecule has 140 valence electrons. The summed E-state index contributed by atoms with van der Waals surface area (Å²) in [5.41, 5.74) is 2.13. The van der Waals surface area contributed by atoms with Gasteiger partial charge < -0.3 is 9.73 Å². The molecule has 27 heavy (non-hydrogen) atoms. The third-order valence-corrected chi connectivity index (χ3v) is 5.10.